The molecule has 4 rings (SSSR count). The van der Waals surface area contributed by atoms with Crippen molar-refractivity contribution in [3.05, 3.63) is 29.5 Å². The summed E-state index contributed by atoms with van der Waals surface area (Å²) in [7, 11) is 0. The number of likely N-dealkylation sites (tertiary alicyclic amines) is 1. The van der Waals surface area contributed by atoms with E-state index in [-0.39, 0.29) is 5.91 Å². The zero-order chi connectivity index (χ0) is 16.5. The van der Waals surface area contributed by atoms with E-state index < -0.39 is 0 Å². The highest BCUT2D eigenvalue weighted by Crippen LogP contribution is 2.18. The summed E-state index contributed by atoms with van der Waals surface area (Å²) in [5.74, 6) is 2.99. The highest BCUT2D eigenvalue weighted by atomic mass is 16.2. The molecule has 2 aromatic heterocycles. The zero-order valence-corrected chi connectivity index (χ0v) is 13.9. The summed E-state index contributed by atoms with van der Waals surface area (Å²) in [6.45, 7) is 5.81. The monoisotopic (exact) mass is 327 g/mol. The van der Waals surface area contributed by atoms with Crippen molar-refractivity contribution in [1.29, 1.82) is 0 Å². The van der Waals surface area contributed by atoms with Crippen LogP contribution in [0.3, 0.4) is 0 Å². The molecule has 0 radical (unpaired) electrons. The van der Waals surface area contributed by atoms with E-state index in [1.54, 1.807) is 0 Å². The Kier molecular flexibility index (Phi) is 3.87. The molecule has 1 fully saturated rings. The molecule has 0 atom stereocenters. The van der Waals surface area contributed by atoms with E-state index in [1.165, 1.54) is 0 Å². The molecule has 0 unspecified atom stereocenters. The number of hydrogen-bond donors (Lipinski definition) is 0. The maximum absolute atomic E-state index is 11.8. The number of aromatic nitrogens is 5. The van der Waals surface area contributed by atoms with Crippen molar-refractivity contribution in [2.24, 2.45) is 0 Å². The predicted molar refractivity (Wildman–Crippen MR) is 87.4 cm³/mol. The Hall–Kier alpha value is -2.51. The van der Waals surface area contributed by atoms with Gasteiger partial charge in [0.2, 0.25) is 5.91 Å². The fourth-order valence-corrected chi connectivity index (χ4v) is 3.33. The fraction of sp³-hybridized carbons (Fsp3) is 0.562. The van der Waals surface area contributed by atoms with Gasteiger partial charge in [-0.15, -0.1) is 15.3 Å². The summed E-state index contributed by atoms with van der Waals surface area (Å²) in [5, 5.41) is 17.1. The van der Waals surface area contributed by atoms with Crippen LogP contribution in [-0.4, -0.2) is 55.4 Å². The number of nitrogens with zero attached hydrogens (tertiary/aromatic N) is 7. The highest BCUT2D eigenvalue weighted by Gasteiger charge is 2.25. The van der Waals surface area contributed by atoms with Crippen LogP contribution in [0.25, 0.3) is 0 Å². The van der Waals surface area contributed by atoms with Gasteiger partial charge in [-0.3, -0.25) is 4.79 Å². The van der Waals surface area contributed by atoms with Crippen molar-refractivity contribution in [3.63, 3.8) is 0 Å². The molecule has 1 saturated heterocycles. The Morgan fingerprint density at radius 1 is 1.00 bits per heavy atom. The lowest BCUT2D eigenvalue weighted by Crippen LogP contribution is -2.29. The molecule has 0 saturated carbocycles. The number of carbonyl (C=O) groups is 1. The first-order valence-corrected chi connectivity index (χ1v) is 8.45. The molecule has 0 spiro atoms. The summed E-state index contributed by atoms with van der Waals surface area (Å²) in [6.07, 6.45) is 2.41. The molecule has 126 valence electrons. The molecule has 8 nitrogen and oxygen atoms in total. The molecule has 0 aromatic carbocycles. The normalized spacial score (nSPS) is 18.0. The molecular weight excluding hydrogens is 306 g/mol. The van der Waals surface area contributed by atoms with E-state index in [4.69, 9.17) is 0 Å². The Morgan fingerprint density at radius 2 is 1.92 bits per heavy atom. The third-order valence-corrected chi connectivity index (χ3v) is 4.71. The Morgan fingerprint density at radius 3 is 2.67 bits per heavy atom. The third-order valence-electron chi connectivity index (χ3n) is 4.71. The van der Waals surface area contributed by atoms with Gasteiger partial charge in [-0.1, -0.05) is 0 Å². The van der Waals surface area contributed by atoms with Gasteiger partial charge >= 0.3 is 0 Å². The van der Waals surface area contributed by atoms with Gasteiger partial charge in [0.15, 0.2) is 11.6 Å². The van der Waals surface area contributed by atoms with Crippen LogP contribution in [0.4, 0.5) is 5.82 Å². The molecule has 4 heterocycles. The minimum absolute atomic E-state index is 0.220. The van der Waals surface area contributed by atoms with Crippen molar-refractivity contribution in [2.75, 3.05) is 24.5 Å². The first-order chi connectivity index (χ1) is 11.7. The largest absolute Gasteiger partial charge is 0.353 e. The van der Waals surface area contributed by atoms with Crippen LogP contribution in [-0.2, 0) is 24.3 Å². The molecule has 1 amide bonds. The molecular formula is C16H21N7O. The van der Waals surface area contributed by atoms with Crippen molar-refractivity contribution >= 4 is 11.7 Å². The summed E-state index contributed by atoms with van der Waals surface area (Å²) in [4.78, 5) is 16.0. The molecule has 0 N–H and O–H groups in total. The van der Waals surface area contributed by atoms with E-state index in [0.717, 1.165) is 62.2 Å². The van der Waals surface area contributed by atoms with E-state index in [0.29, 0.717) is 13.0 Å². The van der Waals surface area contributed by atoms with Gasteiger partial charge in [-0.25, -0.2) is 0 Å². The second-order valence-electron chi connectivity index (χ2n) is 6.37. The van der Waals surface area contributed by atoms with E-state index in [2.05, 4.69) is 29.9 Å². The van der Waals surface area contributed by atoms with E-state index >= 15 is 0 Å². The summed E-state index contributed by atoms with van der Waals surface area (Å²) in [6, 6.07) is 4.00. The summed E-state index contributed by atoms with van der Waals surface area (Å²) in [5.41, 5.74) is 0.920. The van der Waals surface area contributed by atoms with Gasteiger partial charge in [0.05, 0.1) is 12.2 Å². The minimum Gasteiger partial charge on any atom is -0.353 e. The van der Waals surface area contributed by atoms with Crippen LogP contribution >= 0.6 is 0 Å². The van der Waals surface area contributed by atoms with Crippen LogP contribution in [0, 0.1) is 6.92 Å². The van der Waals surface area contributed by atoms with Gasteiger partial charge in [0.1, 0.15) is 5.82 Å². The van der Waals surface area contributed by atoms with Crippen molar-refractivity contribution in [3.8, 4) is 0 Å². The standard InChI is InChI=1S/C16H21N7O/c1-12-4-5-13(18-17-12)21-8-6-14-19-20-15(23(14)10-9-21)11-22-7-2-3-16(22)24/h4-5H,2-3,6-11H2,1H3. The van der Waals surface area contributed by atoms with Gasteiger partial charge in [0.25, 0.3) is 0 Å². The number of fused-ring (bicyclic) bond motifs is 1. The van der Waals surface area contributed by atoms with Gasteiger partial charge in [-0.2, -0.15) is 5.10 Å². The van der Waals surface area contributed by atoms with E-state index in [9.17, 15) is 4.79 Å². The first kappa shape index (κ1) is 15.0. The van der Waals surface area contributed by atoms with Crippen LogP contribution in [0.2, 0.25) is 0 Å². The topological polar surface area (TPSA) is 80.0 Å². The second kappa shape index (κ2) is 6.18. The average Bonchev–Trinajstić information content (AvgIpc) is 3.09. The van der Waals surface area contributed by atoms with Gasteiger partial charge in [0, 0.05) is 39.0 Å². The third kappa shape index (κ3) is 2.83. The Labute approximate surface area is 140 Å². The molecule has 0 bridgehead atoms. The molecule has 0 aliphatic carbocycles. The number of aryl methyl sites for hydroxylation is 1. The number of carbonyl (C=O) groups excluding carboxylic acids is 1. The predicted octanol–water partition coefficient (Wildman–Crippen LogP) is 0.562. The van der Waals surface area contributed by atoms with Crippen LogP contribution < -0.4 is 4.90 Å². The van der Waals surface area contributed by atoms with Gasteiger partial charge < -0.3 is 14.4 Å². The highest BCUT2D eigenvalue weighted by molar-refractivity contribution is 5.77. The SMILES string of the molecule is Cc1ccc(N2CCc3nnc(CN4CCCC4=O)n3CC2)nn1. The molecule has 2 aliphatic rings. The lowest BCUT2D eigenvalue weighted by molar-refractivity contribution is -0.128. The van der Waals surface area contributed by atoms with Crippen LogP contribution in [0.5, 0.6) is 0 Å². The zero-order valence-electron chi connectivity index (χ0n) is 13.9. The Balaban J connectivity index is 1.49. The average molecular weight is 327 g/mol. The summed E-state index contributed by atoms with van der Waals surface area (Å²) < 4.78 is 2.16. The molecule has 8 heteroatoms. The van der Waals surface area contributed by atoms with Crippen LogP contribution in [0.1, 0.15) is 30.2 Å². The number of amides is 1. The lowest BCUT2D eigenvalue weighted by atomic mass is 10.3. The van der Waals surface area contributed by atoms with Gasteiger partial charge in [-0.05, 0) is 25.5 Å². The van der Waals surface area contributed by atoms with Crippen LogP contribution in [0.15, 0.2) is 12.1 Å². The Bertz CT molecular complexity index is 739. The number of anilines is 1. The smallest absolute Gasteiger partial charge is 0.223 e. The molecule has 2 aliphatic heterocycles. The maximum atomic E-state index is 11.8. The fourth-order valence-electron chi connectivity index (χ4n) is 3.33. The van der Waals surface area contributed by atoms with Crippen molar-refractivity contribution in [1.82, 2.24) is 29.9 Å². The molecule has 2 aromatic rings. The lowest BCUT2D eigenvalue weighted by Gasteiger charge is -2.20. The number of hydrogen-bond acceptors (Lipinski definition) is 6. The number of rotatable bonds is 3. The molecule has 24 heavy (non-hydrogen) atoms. The van der Waals surface area contributed by atoms with Crippen molar-refractivity contribution < 1.29 is 4.79 Å². The minimum atomic E-state index is 0.220. The second-order valence-corrected chi connectivity index (χ2v) is 6.37. The van der Waals surface area contributed by atoms with E-state index in [1.807, 2.05) is 24.0 Å². The summed E-state index contributed by atoms with van der Waals surface area (Å²) >= 11 is 0. The first-order valence-electron chi connectivity index (χ1n) is 8.45. The maximum Gasteiger partial charge on any atom is 0.223 e. The van der Waals surface area contributed by atoms with Crippen molar-refractivity contribution in [2.45, 2.75) is 39.3 Å². The quantitative estimate of drug-likeness (QED) is 0.819.